The third-order valence-corrected chi connectivity index (χ3v) is 2.51. The van der Waals surface area contributed by atoms with Crippen LogP contribution < -0.4 is 72.6 Å². The molecule has 0 spiro atoms. The molecule has 2 aromatic rings. The maximum absolute atomic E-state index is 5.74. The summed E-state index contributed by atoms with van der Waals surface area (Å²) in [4.78, 5) is 0. The second kappa shape index (κ2) is 9.66. The smallest absolute Gasteiger partial charge is 0.0554 e. The van der Waals surface area contributed by atoms with E-state index >= 15 is 0 Å². The van der Waals surface area contributed by atoms with E-state index in [4.69, 9.17) is 22.9 Å². The van der Waals surface area contributed by atoms with Gasteiger partial charge >= 0.3 is 0 Å². The summed E-state index contributed by atoms with van der Waals surface area (Å²) in [6, 6.07) is 11.0. The second-order valence-electron chi connectivity index (χ2n) is 3.69. The van der Waals surface area contributed by atoms with Crippen LogP contribution in [0.2, 0.25) is 0 Å². The van der Waals surface area contributed by atoms with Gasteiger partial charge in [0.15, 0.2) is 0 Å². The third-order valence-electron chi connectivity index (χ3n) is 2.51. The number of rotatable bonds is 1. The fourth-order valence-electron chi connectivity index (χ4n) is 1.51. The summed E-state index contributed by atoms with van der Waals surface area (Å²) in [6.45, 7) is 0. The Balaban J connectivity index is -0.000000722. The Morgan fingerprint density at radius 1 is 0.450 bits per heavy atom. The molecule has 0 atom stereocenters. The van der Waals surface area contributed by atoms with Crippen LogP contribution in [0.1, 0.15) is 0 Å². The first-order chi connectivity index (χ1) is 7.58. The molecule has 0 aliphatic heterocycles. The van der Waals surface area contributed by atoms with E-state index in [0.717, 1.165) is 11.1 Å². The van der Waals surface area contributed by atoms with E-state index in [1.54, 1.807) is 12.1 Å². The minimum atomic E-state index is 0. The van der Waals surface area contributed by atoms with Crippen molar-refractivity contribution in [3.8, 4) is 11.1 Å². The van der Waals surface area contributed by atoms with Crippen molar-refractivity contribution in [2.45, 2.75) is 0 Å². The van der Waals surface area contributed by atoms with Gasteiger partial charge in [0.2, 0.25) is 0 Å². The number of hydrogen-bond donors (Lipinski definition) is 4. The molecule has 8 heteroatoms. The van der Waals surface area contributed by atoms with E-state index in [2.05, 4.69) is 0 Å². The zero-order valence-corrected chi connectivity index (χ0v) is 13.3. The largest absolute Gasteiger partial charge is 1.00 e. The molecule has 2 rings (SSSR count). The van der Waals surface area contributed by atoms with Crippen LogP contribution in [-0.2, 0) is 0 Å². The maximum atomic E-state index is 5.74. The first-order valence-electron chi connectivity index (χ1n) is 4.88. The number of nitrogens with two attached hydrogens (primary N) is 4. The van der Waals surface area contributed by atoms with Crippen molar-refractivity contribution >= 4 is 22.7 Å². The summed E-state index contributed by atoms with van der Waals surface area (Å²) in [5, 5.41) is 0. The van der Waals surface area contributed by atoms with Crippen molar-refractivity contribution < 1.29 is 49.6 Å². The Hall–Kier alpha value is -1.20. The van der Waals surface area contributed by atoms with E-state index < -0.39 is 0 Å². The second-order valence-corrected chi connectivity index (χ2v) is 3.69. The molecule has 0 saturated heterocycles. The monoisotopic (exact) mass is 354 g/mol. The molecule has 0 saturated carbocycles. The number of anilines is 4. The summed E-state index contributed by atoms with van der Waals surface area (Å²) in [5.41, 5.74) is 27.0. The lowest BCUT2D eigenvalue weighted by Gasteiger charge is -2.07. The van der Waals surface area contributed by atoms with Crippen molar-refractivity contribution in [1.82, 2.24) is 0 Å². The van der Waals surface area contributed by atoms with E-state index in [1.807, 2.05) is 24.3 Å². The molecule has 0 aliphatic rings. The standard InChI is InChI=1S/C12H14N4.4ClH/c13-9-3-1-7(5-11(9)15)8-2-4-10(14)12(16)6-8;;;;/h1-6H,13-16H2;4*1H/p-4. The summed E-state index contributed by atoms with van der Waals surface area (Å²) in [5.74, 6) is 0. The highest BCUT2D eigenvalue weighted by Crippen LogP contribution is 2.28. The highest BCUT2D eigenvalue weighted by molar-refractivity contribution is 5.78. The van der Waals surface area contributed by atoms with Gasteiger partial charge in [-0.1, -0.05) is 12.1 Å². The molecule has 20 heavy (non-hydrogen) atoms. The van der Waals surface area contributed by atoms with Crippen molar-refractivity contribution in [2.24, 2.45) is 0 Å². The average Bonchev–Trinajstić information content (AvgIpc) is 2.26. The van der Waals surface area contributed by atoms with Gasteiger partial charge in [-0.3, -0.25) is 0 Å². The van der Waals surface area contributed by atoms with Crippen LogP contribution in [-0.4, -0.2) is 0 Å². The number of nitrogen functional groups attached to an aromatic ring is 4. The zero-order chi connectivity index (χ0) is 11.7. The highest BCUT2D eigenvalue weighted by atomic mass is 35.5. The number of benzene rings is 2. The van der Waals surface area contributed by atoms with Gasteiger partial charge in [0.1, 0.15) is 0 Å². The molecule has 8 N–H and O–H groups in total. The van der Waals surface area contributed by atoms with Gasteiger partial charge in [0.25, 0.3) is 0 Å². The van der Waals surface area contributed by atoms with Gasteiger partial charge in [-0.05, 0) is 35.4 Å². The van der Waals surface area contributed by atoms with Crippen molar-refractivity contribution in [1.29, 1.82) is 0 Å². The van der Waals surface area contributed by atoms with Crippen LogP contribution in [0.4, 0.5) is 22.7 Å². The SMILES string of the molecule is Nc1ccc(-c2ccc(N)c(N)c2)cc1N.[Cl-].[Cl-].[Cl-].[Cl-]. The topological polar surface area (TPSA) is 104 Å². The molecule has 114 valence electrons. The first-order valence-corrected chi connectivity index (χ1v) is 4.88. The van der Waals surface area contributed by atoms with Crippen LogP contribution in [0.15, 0.2) is 36.4 Å². The summed E-state index contributed by atoms with van der Waals surface area (Å²) < 4.78 is 0. The van der Waals surface area contributed by atoms with Gasteiger partial charge in [-0.15, -0.1) is 0 Å². The van der Waals surface area contributed by atoms with E-state index in [0.29, 0.717) is 22.7 Å². The summed E-state index contributed by atoms with van der Waals surface area (Å²) >= 11 is 0. The van der Waals surface area contributed by atoms with Crippen LogP contribution in [0.25, 0.3) is 11.1 Å². The van der Waals surface area contributed by atoms with Gasteiger partial charge in [-0.2, -0.15) is 0 Å². The Morgan fingerprint density at radius 3 is 1.00 bits per heavy atom. The molecule has 0 fully saturated rings. The molecular formula is C12H14Cl4N4-4. The van der Waals surface area contributed by atoms with Crippen LogP contribution >= 0.6 is 0 Å². The summed E-state index contributed by atoms with van der Waals surface area (Å²) in [7, 11) is 0. The molecule has 0 aliphatic carbocycles. The third kappa shape index (κ3) is 5.06. The van der Waals surface area contributed by atoms with Crippen molar-refractivity contribution in [3.63, 3.8) is 0 Å². The zero-order valence-electron chi connectivity index (χ0n) is 10.3. The summed E-state index contributed by atoms with van der Waals surface area (Å²) in [6.07, 6.45) is 0. The molecule has 0 amide bonds. The maximum Gasteiger partial charge on any atom is 0.0554 e. The average molecular weight is 356 g/mol. The molecule has 4 nitrogen and oxygen atoms in total. The number of hydrogen-bond acceptors (Lipinski definition) is 4. The van der Waals surface area contributed by atoms with Crippen LogP contribution in [0.5, 0.6) is 0 Å². The molecule has 0 unspecified atom stereocenters. The molecule has 0 radical (unpaired) electrons. The van der Waals surface area contributed by atoms with E-state index in [-0.39, 0.29) is 49.6 Å². The fraction of sp³-hybridized carbons (Fsp3) is 0. The normalized spacial score (nSPS) is 8.20. The van der Waals surface area contributed by atoms with Crippen LogP contribution in [0, 0.1) is 0 Å². The molecule has 0 heterocycles. The van der Waals surface area contributed by atoms with Gasteiger partial charge < -0.3 is 72.6 Å². The molecular weight excluding hydrogens is 342 g/mol. The first kappa shape index (κ1) is 23.9. The minimum Gasteiger partial charge on any atom is -1.00 e. The highest BCUT2D eigenvalue weighted by Gasteiger charge is 2.02. The van der Waals surface area contributed by atoms with Gasteiger partial charge in [0.05, 0.1) is 22.7 Å². The van der Waals surface area contributed by atoms with Crippen LogP contribution in [0.3, 0.4) is 0 Å². The lowest BCUT2D eigenvalue weighted by Crippen LogP contribution is -3.00. The number of halogens is 4. The lowest BCUT2D eigenvalue weighted by atomic mass is 10.0. The fourth-order valence-corrected chi connectivity index (χ4v) is 1.51. The van der Waals surface area contributed by atoms with Crippen molar-refractivity contribution in [3.05, 3.63) is 36.4 Å². The predicted molar refractivity (Wildman–Crippen MR) is 69.5 cm³/mol. The van der Waals surface area contributed by atoms with Gasteiger partial charge in [0, 0.05) is 0 Å². The van der Waals surface area contributed by atoms with E-state index in [1.165, 1.54) is 0 Å². The Bertz CT molecular complexity index is 499. The Labute approximate surface area is 142 Å². The molecule has 0 aromatic heterocycles. The predicted octanol–water partition coefficient (Wildman–Crippen LogP) is -10.3. The molecule has 0 bridgehead atoms. The Kier molecular flexibility index (Phi) is 11.5. The van der Waals surface area contributed by atoms with Crippen molar-refractivity contribution in [2.75, 3.05) is 22.9 Å². The quantitative estimate of drug-likeness (QED) is 0.381. The Morgan fingerprint density at radius 2 is 0.750 bits per heavy atom. The van der Waals surface area contributed by atoms with Gasteiger partial charge in [-0.25, -0.2) is 0 Å². The van der Waals surface area contributed by atoms with E-state index in [9.17, 15) is 0 Å². The molecule has 2 aromatic carbocycles. The minimum absolute atomic E-state index is 0. The lowest BCUT2D eigenvalue weighted by molar-refractivity contribution is -0.00100.